The Morgan fingerprint density at radius 1 is 1.12 bits per heavy atom. The van der Waals surface area contributed by atoms with Gasteiger partial charge in [-0.3, -0.25) is 9.69 Å². The molecule has 0 aromatic rings. The van der Waals surface area contributed by atoms with Crippen LogP contribution in [0.2, 0.25) is 0 Å². The number of ether oxygens (including phenoxy) is 1. The second-order valence-corrected chi connectivity index (χ2v) is 10.8. The Kier molecular flexibility index (Phi) is 8.66. The molecule has 0 amide bonds. The van der Waals surface area contributed by atoms with Gasteiger partial charge in [-0.1, -0.05) is 37.6 Å². The SMILES string of the molecule is C=C=C(OC(C)(C)C)C1CCN(C2CN(/C(C)=C/C=C(\C=C)C3CCC(=O)CC3=C=C)C2)CC1. The van der Waals surface area contributed by atoms with Crippen molar-refractivity contribution in [1.82, 2.24) is 9.80 Å². The highest BCUT2D eigenvalue weighted by Crippen LogP contribution is 2.34. The van der Waals surface area contributed by atoms with Crippen molar-refractivity contribution >= 4 is 5.78 Å². The van der Waals surface area contributed by atoms with Gasteiger partial charge in [0, 0.05) is 49.5 Å². The molecule has 1 unspecified atom stereocenters. The van der Waals surface area contributed by atoms with Crippen LogP contribution in [-0.2, 0) is 9.53 Å². The van der Waals surface area contributed by atoms with Gasteiger partial charge in [-0.15, -0.1) is 5.73 Å². The van der Waals surface area contributed by atoms with Crippen molar-refractivity contribution in [1.29, 1.82) is 0 Å². The zero-order valence-corrected chi connectivity index (χ0v) is 21.7. The third kappa shape index (κ3) is 6.54. The zero-order chi connectivity index (χ0) is 24.9. The summed E-state index contributed by atoms with van der Waals surface area (Å²) < 4.78 is 6.10. The Morgan fingerprint density at radius 2 is 1.79 bits per heavy atom. The lowest BCUT2D eigenvalue weighted by Crippen LogP contribution is -2.59. The summed E-state index contributed by atoms with van der Waals surface area (Å²) in [6.45, 7) is 24.4. The van der Waals surface area contributed by atoms with Crippen LogP contribution < -0.4 is 0 Å². The Hall–Kier alpha value is -2.51. The number of piperidine rings is 1. The standard InChI is InChI=1S/C30H42N2O2/c1-8-23(28-14-13-27(33)19-24(28)9-2)12-11-22(4)32-20-26(21-32)31-17-15-25(16-18-31)29(10-3)34-30(5,6)7/h8,11-12,25-26,28H,1-3,13-21H2,4-7H3/b22-11+,23-12+. The summed E-state index contributed by atoms with van der Waals surface area (Å²) in [6, 6.07) is 0.617. The molecule has 4 heteroatoms. The van der Waals surface area contributed by atoms with Crippen LogP contribution in [0.4, 0.5) is 0 Å². The van der Waals surface area contributed by atoms with Crippen molar-refractivity contribution in [3.8, 4) is 0 Å². The minimum atomic E-state index is -0.201. The molecular formula is C30H42N2O2. The second kappa shape index (κ2) is 11.3. The predicted molar refractivity (Wildman–Crippen MR) is 140 cm³/mol. The first-order valence-electron chi connectivity index (χ1n) is 12.6. The van der Waals surface area contributed by atoms with E-state index in [1.165, 1.54) is 5.70 Å². The predicted octanol–water partition coefficient (Wildman–Crippen LogP) is 5.96. The van der Waals surface area contributed by atoms with E-state index in [4.69, 9.17) is 4.74 Å². The van der Waals surface area contributed by atoms with Gasteiger partial charge in [0.05, 0.1) is 0 Å². The first-order valence-corrected chi connectivity index (χ1v) is 12.6. The van der Waals surface area contributed by atoms with Crippen molar-refractivity contribution in [2.75, 3.05) is 26.2 Å². The van der Waals surface area contributed by atoms with Gasteiger partial charge in [0.1, 0.15) is 17.1 Å². The molecule has 3 rings (SSSR count). The molecule has 3 aliphatic rings. The van der Waals surface area contributed by atoms with Crippen molar-refractivity contribution < 1.29 is 9.53 Å². The third-order valence-electron chi connectivity index (χ3n) is 7.27. The summed E-state index contributed by atoms with van der Waals surface area (Å²) in [5.41, 5.74) is 9.29. The molecule has 2 saturated heterocycles. The van der Waals surface area contributed by atoms with Crippen molar-refractivity contribution in [2.45, 2.75) is 71.4 Å². The summed E-state index contributed by atoms with van der Waals surface area (Å²) in [5, 5.41) is 0. The number of carbonyl (C=O) groups is 1. The van der Waals surface area contributed by atoms with Gasteiger partial charge >= 0.3 is 0 Å². The van der Waals surface area contributed by atoms with Gasteiger partial charge in [0.2, 0.25) is 0 Å². The smallest absolute Gasteiger partial charge is 0.141 e. The van der Waals surface area contributed by atoms with Crippen molar-refractivity contribution in [3.63, 3.8) is 0 Å². The molecule has 2 aliphatic heterocycles. The minimum absolute atomic E-state index is 0.201. The lowest BCUT2D eigenvalue weighted by molar-refractivity contribution is -0.119. The van der Waals surface area contributed by atoms with Crippen molar-refractivity contribution in [3.05, 3.63) is 72.0 Å². The number of allylic oxidation sites excluding steroid dienone is 7. The lowest BCUT2D eigenvalue weighted by atomic mass is 9.79. The Balaban J connectivity index is 1.51. The van der Waals surface area contributed by atoms with Crippen LogP contribution >= 0.6 is 0 Å². The van der Waals surface area contributed by atoms with Gasteiger partial charge in [0.25, 0.3) is 0 Å². The summed E-state index contributed by atoms with van der Waals surface area (Å²) in [6.07, 6.45) is 10.4. The van der Waals surface area contributed by atoms with Crippen LogP contribution in [0.25, 0.3) is 0 Å². The number of Topliss-reactive ketones (excluding diaryl/α,β-unsaturated/α-hetero) is 1. The Labute approximate surface area is 206 Å². The van der Waals surface area contributed by atoms with E-state index in [9.17, 15) is 4.79 Å². The van der Waals surface area contributed by atoms with Crippen LogP contribution in [0, 0.1) is 11.8 Å². The summed E-state index contributed by atoms with van der Waals surface area (Å²) in [5.74, 6) is 1.85. The number of carbonyl (C=O) groups excluding carboxylic acids is 1. The molecule has 34 heavy (non-hydrogen) atoms. The van der Waals surface area contributed by atoms with Crippen LogP contribution in [-0.4, -0.2) is 53.4 Å². The maximum absolute atomic E-state index is 11.8. The maximum atomic E-state index is 11.8. The van der Waals surface area contributed by atoms with Gasteiger partial charge in [0.15, 0.2) is 0 Å². The molecule has 0 radical (unpaired) electrons. The minimum Gasteiger partial charge on any atom is -0.484 e. The first-order chi connectivity index (χ1) is 16.1. The van der Waals surface area contributed by atoms with Gasteiger partial charge < -0.3 is 9.64 Å². The number of rotatable bonds is 7. The number of ketones is 1. The molecule has 2 heterocycles. The molecule has 0 aromatic carbocycles. The molecule has 1 atom stereocenters. The topological polar surface area (TPSA) is 32.8 Å². The highest BCUT2D eigenvalue weighted by atomic mass is 16.5. The number of nitrogens with zero attached hydrogens (tertiary/aromatic N) is 2. The monoisotopic (exact) mass is 462 g/mol. The van der Waals surface area contributed by atoms with E-state index in [0.29, 0.717) is 24.8 Å². The van der Waals surface area contributed by atoms with E-state index >= 15 is 0 Å². The van der Waals surface area contributed by atoms with Crippen LogP contribution in [0.1, 0.15) is 59.8 Å². The average molecular weight is 463 g/mol. The number of likely N-dealkylation sites (tertiary alicyclic amines) is 2. The summed E-state index contributed by atoms with van der Waals surface area (Å²) in [4.78, 5) is 16.9. The fraction of sp³-hybridized carbons (Fsp3) is 0.567. The van der Waals surface area contributed by atoms with Gasteiger partial charge in [-0.2, -0.15) is 0 Å². The van der Waals surface area contributed by atoms with Crippen LogP contribution in [0.5, 0.6) is 0 Å². The largest absolute Gasteiger partial charge is 0.484 e. The van der Waals surface area contributed by atoms with Crippen molar-refractivity contribution in [2.24, 2.45) is 11.8 Å². The van der Waals surface area contributed by atoms with E-state index in [2.05, 4.69) is 80.8 Å². The second-order valence-electron chi connectivity index (χ2n) is 10.8. The molecule has 0 aromatic heterocycles. The van der Waals surface area contributed by atoms with E-state index in [0.717, 1.165) is 62.3 Å². The first kappa shape index (κ1) is 26.1. The molecular weight excluding hydrogens is 420 g/mol. The zero-order valence-electron chi connectivity index (χ0n) is 21.7. The maximum Gasteiger partial charge on any atom is 0.141 e. The van der Waals surface area contributed by atoms with E-state index in [1.54, 1.807) is 0 Å². The Morgan fingerprint density at radius 3 is 2.35 bits per heavy atom. The van der Waals surface area contributed by atoms with E-state index in [-0.39, 0.29) is 17.3 Å². The highest BCUT2D eigenvalue weighted by molar-refractivity contribution is 5.82. The molecule has 1 aliphatic carbocycles. The quantitative estimate of drug-likeness (QED) is 0.265. The number of hydrogen-bond donors (Lipinski definition) is 0. The number of hydrogen-bond acceptors (Lipinski definition) is 4. The van der Waals surface area contributed by atoms with Crippen LogP contribution in [0.15, 0.2) is 72.0 Å². The molecule has 0 N–H and O–H groups in total. The summed E-state index contributed by atoms with van der Waals surface area (Å²) in [7, 11) is 0. The highest BCUT2D eigenvalue weighted by Gasteiger charge is 2.35. The fourth-order valence-corrected chi connectivity index (χ4v) is 5.20. The third-order valence-corrected chi connectivity index (χ3v) is 7.27. The van der Waals surface area contributed by atoms with Gasteiger partial charge in [-0.05, 0) is 77.3 Å². The van der Waals surface area contributed by atoms with E-state index < -0.39 is 0 Å². The lowest BCUT2D eigenvalue weighted by Gasteiger charge is -2.49. The Bertz CT molecular complexity index is 937. The molecule has 1 saturated carbocycles. The molecule has 0 spiro atoms. The van der Waals surface area contributed by atoms with E-state index in [1.807, 2.05) is 6.08 Å². The molecule has 3 fully saturated rings. The summed E-state index contributed by atoms with van der Waals surface area (Å²) >= 11 is 0. The molecule has 184 valence electrons. The fourth-order valence-electron chi connectivity index (χ4n) is 5.20. The van der Waals surface area contributed by atoms with Crippen LogP contribution in [0.3, 0.4) is 0 Å². The van der Waals surface area contributed by atoms with Gasteiger partial charge in [-0.25, -0.2) is 0 Å². The molecule has 0 bridgehead atoms. The average Bonchev–Trinajstić information content (AvgIpc) is 2.77. The molecule has 4 nitrogen and oxygen atoms in total. The normalized spacial score (nSPS) is 23.8.